The van der Waals surface area contributed by atoms with Gasteiger partial charge in [-0.3, -0.25) is 4.79 Å². The molecule has 8 heteroatoms. The minimum Gasteiger partial charge on any atom is -0.478 e. The number of alkyl carbamates (subject to hydrolysis) is 1. The van der Waals surface area contributed by atoms with Crippen LogP contribution in [0.3, 0.4) is 0 Å². The Labute approximate surface area is 201 Å². The smallest absolute Gasteiger partial charge is 0.407 e. The van der Waals surface area contributed by atoms with Crippen molar-refractivity contribution in [2.24, 2.45) is 0 Å². The Morgan fingerprint density at radius 1 is 1.00 bits per heavy atom. The van der Waals surface area contributed by atoms with Gasteiger partial charge in [0.2, 0.25) is 5.91 Å². The van der Waals surface area contributed by atoms with E-state index < -0.39 is 18.1 Å². The zero-order chi connectivity index (χ0) is 24.2. The van der Waals surface area contributed by atoms with E-state index in [1.54, 1.807) is 6.92 Å². The lowest BCUT2D eigenvalue weighted by Gasteiger charge is -2.17. The molecule has 4 rings (SSSR count). The van der Waals surface area contributed by atoms with Gasteiger partial charge in [0.15, 0.2) is 0 Å². The number of rotatable bonds is 7. The maximum absolute atomic E-state index is 12.4. The molecule has 0 saturated heterocycles. The molecule has 0 heterocycles. The molecule has 0 radical (unpaired) electrons. The Bertz CT molecular complexity index is 1210. The number of fused-ring (bicyclic) bond motifs is 3. The fourth-order valence-electron chi connectivity index (χ4n) is 4.15. The molecule has 3 aromatic rings. The van der Waals surface area contributed by atoms with Gasteiger partial charge < -0.3 is 20.5 Å². The lowest BCUT2D eigenvalue weighted by atomic mass is 9.98. The van der Waals surface area contributed by atoms with Gasteiger partial charge in [0.05, 0.1) is 10.6 Å². The van der Waals surface area contributed by atoms with Crippen molar-refractivity contribution in [2.75, 3.05) is 11.9 Å². The van der Waals surface area contributed by atoms with Crippen molar-refractivity contribution >= 4 is 35.3 Å². The van der Waals surface area contributed by atoms with E-state index in [1.165, 1.54) is 18.2 Å². The summed E-state index contributed by atoms with van der Waals surface area (Å²) in [5.41, 5.74) is 4.72. The van der Waals surface area contributed by atoms with Crippen LogP contribution in [0.4, 0.5) is 10.5 Å². The topological polar surface area (TPSA) is 105 Å². The lowest BCUT2D eigenvalue weighted by Crippen LogP contribution is -2.36. The van der Waals surface area contributed by atoms with Crippen LogP contribution in [0.15, 0.2) is 66.7 Å². The Morgan fingerprint density at radius 3 is 2.24 bits per heavy atom. The number of nitrogens with one attached hydrogen (secondary N) is 2. The van der Waals surface area contributed by atoms with Crippen LogP contribution in [-0.2, 0) is 9.53 Å². The highest BCUT2D eigenvalue weighted by Crippen LogP contribution is 2.44. The highest BCUT2D eigenvalue weighted by atomic mass is 35.5. The van der Waals surface area contributed by atoms with Gasteiger partial charge in [-0.15, -0.1) is 0 Å². The third-order valence-corrected chi connectivity index (χ3v) is 6.01. The first kappa shape index (κ1) is 23.3. The number of carbonyl (C=O) groups excluding carboxylic acids is 2. The molecule has 2 amide bonds. The van der Waals surface area contributed by atoms with Crippen LogP contribution in [-0.4, -0.2) is 35.7 Å². The Morgan fingerprint density at radius 2 is 1.62 bits per heavy atom. The van der Waals surface area contributed by atoms with Crippen LogP contribution >= 0.6 is 11.6 Å². The first-order valence-corrected chi connectivity index (χ1v) is 11.2. The predicted octanol–water partition coefficient (Wildman–Crippen LogP) is 5.29. The van der Waals surface area contributed by atoms with E-state index in [1.807, 2.05) is 36.4 Å². The summed E-state index contributed by atoms with van der Waals surface area (Å²) in [5.74, 6) is -1.62. The second kappa shape index (κ2) is 9.97. The van der Waals surface area contributed by atoms with Crippen molar-refractivity contribution in [3.8, 4) is 11.1 Å². The van der Waals surface area contributed by atoms with Crippen LogP contribution in [0.25, 0.3) is 11.1 Å². The molecule has 0 spiro atoms. The molecule has 0 aromatic heterocycles. The molecule has 0 bridgehead atoms. The molecule has 1 aliphatic rings. The monoisotopic (exact) mass is 478 g/mol. The number of halogens is 1. The van der Waals surface area contributed by atoms with Gasteiger partial charge in [0, 0.05) is 24.1 Å². The van der Waals surface area contributed by atoms with Crippen molar-refractivity contribution < 1.29 is 24.2 Å². The highest BCUT2D eigenvalue weighted by Gasteiger charge is 2.29. The zero-order valence-electron chi connectivity index (χ0n) is 18.4. The van der Waals surface area contributed by atoms with E-state index in [9.17, 15) is 14.4 Å². The SMILES string of the molecule is C[C@H](CC(=O)Nc1ccc(Cl)c(C(=O)O)c1)NC(=O)OCC1c2ccccc2-c2ccccc21. The maximum atomic E-state index is 12.4. The molecule has 7 nitrogen and oxygen atoms in total. The average molecular weight is 479 g/mol. The number of benzene rings is 3. The molecule has 3 N–H and O–H groups in total. The summed E-state index contributed by atoms with van der Waals surface area (Å²) >= 11 is 5.85. The first-order chi connectivity index (χ1) is 16.3. The van der Waals surface area contributed by atoms with Crippen molar-refractivity contribution in [3.05, 3.63) is 88.4 Å². The van der Waals surface area contributed by atoms with E-state index in [0.717, 1.165) is 22.3 Å². The third-order valence-electron chi connectivity index (χ3n) is 5.68. The summed E-state index contributed by atoms with van der Waals surface area (Å²) in [6, 6.07) is 19.8. The fraction of sp³-hybridized carbons (Fsp3) is 0.192. The highest BCUT2D eigenvalue weighted by molar-refractivity contribution is 6.33. The Balaban J connectivity index is 1.30. The predicted molar refractivity (Wildman–Crippen MR) is 129 cm³/mol. The van der Waals surface area contributed by atoms with E-state index >= 15 is 0 Å². The van der Waals surface area contributed by atoms with Gasteiger partial charge >= 0.3 is 12.1 Å². The van der Waals surface area contributed by atoms with Crippen molar-refractivity contribution in [2.45, 2.75) is 25.3 Å². The van der Waals surface area contributed by atoms with Crippen LogP contribution in [0, 0.1) is 0 Å². The summed E-state index contributed by atoms with van der Waals surface area (Å²) in [7, 11) is 0. The third kappa shape index (κ3) is 5.05. The standard InChI is InChI=1S/C26H23ClN2O5/c1-15(12-24(30)29-16-10-11-23(27)21(13-16)25(31)32)28-26(33)34-14-22-19-8-4-2-6-17(19)18-7-3-5-9-20(18)22/h2-11,13,15,22H,12,14H2,1H3,(H,28,33)(H,29,30)(H,31,32)/t15-/m1/s1. The van der Waals surface area contributed by atoms with Gasteiger partial charge in [-0.05, 0) is 47.4 Å². The van der Waals surface area contributed by atoms with Crippen molar-refractivity contribution in [3.63, 3.8) is 0 Å². The summed E-state index contributed by atoms with van der Waals surface area (Å²) < 4.78 is 5.50. The van der Waals surface area contributed by atoms with Crippen LogP contribution in [0.2, 0.25) is 5.02 Å². The molecular formula is C26H23ClN2O5. The largest absolute Gasteiger partial charge is 0.478 e. The fourth-order valence-corrected chi connectivity index (χ4v) is 4.35. The summed E-state index contributed by atoms with van der Waals surface area (Å²) in [6.07, 6.45) is -0.628. The van der Waals surface area contributed by atoms with E-state index in [2.05, 4.69) is 22.8 Å². The minimum atomic E-state index is -1.19. The molecule has 34 heavy (non-hydrogen) atoms. The molecule has 0 fully saturated rings. The minimum absolute atomic E-state index is 0.0186. The number of hydrogen-bond donors (Lipinski definition) is 3. The number of hydrogen-bond acceptors (Lipinski definition) is 4. The normalized spacial score (nSPS) is 12.9. The summed E-state index contributed by atoms with van der Waals surface area (Å²) in [5, 5.41) is 14.5. The number of carbonyl (C=O) groups is 3. The average Bonchev–Trinajstić information content (AvgIpc) is 3.12. The number of carboxylic acid groups (broad SMARTS) is 1. The second-order valence-corrected chi connectivity index (χ2v) is 8.53. The molecule has 174 valence electrons. The number of anilines is 1. The lowest BCUT2D eigenvalue weighted by molar-refractivity contribution is -0.116. The number of carboxylic acids is 1. The second-order valence-electron chi connectivity index (χ2n) is 8.12. The molecule has 0 saturated carbocycles. The van der Waals surface area contributed by atoms with E-state index in [0.29, 0.717) is 5.69 Å². The van der Waals surface area contributed by atoms with Crippen molar-refractivity contribution in [1.82, 2.24) is 5.32 Å². The van der Waals surface area contributed by atoms with Crippen LogP contribution in [0.1, 0.15) is 40.7 Å². The Kier molecular flexibility index (Phi) is 6.84. The van der Waals surface area contributed by atoms with Gasteiger partial charge in [0.25, 0.3) is 0 Å². The number of aromatic carboxylic acids is 1. The molecule has 1 aliphatic carbocycles. The molecule has 0 unspecified atom stereocenters. The Hall–Kier alpha value is -3.84. The summed E-state index contributed by atoms with van der Waals surface area (Å²) in [6.45, 7) is 1.87. The van der Waals surface area contributed by atoms with Gasteiger partial charge in [0.1, 0.15) is 6.61 Å². The van der Waals surface area contributed by atoms with Gasteiger partial charge in [-0.25, -0.2) is 9.59 Å². The van der Waals surface area contributed by atoms with E-state index in [-0.39, 0.29) is 35.4 Å². The molecule has 0 aliphatic heterocycles. The van der Waals surface area contributed by atoms with Gasteiger partial charge in [-0.2, -0.15) is 0 Å². The zero-order valence-corrected chi connectivity index (χ0v) is 19.1. The molecular weight excluding hydrogens is 456 g/mol. The first-order valence-electron chi connectivity index (χ1n) is 10.8. The quantitative estimate of drug-likeness (QED) is 0.427. The number of amides is 2. The molecule has 3 aromatic carbocycles. The molecule has 1 atom stereocenters. The number of ether oxygens (including phenoxy) is 1. The van der Waals surface area contributed by atoms with E-state index in [4.69, 9.17) is 21.4 Å². The van der Waals surface area contributed by atoms with Crippen LogP contribution in [0.5, 0.6) is 0 Å². The van der Waals surface area contributed by atoms with Crippen molar-refractivity contribution in [1.29, 1.82) is 0 Å². The van der Waals surface area contributed by atoms with Gasteiger partial charge in [-0.1, -0.05) is 60.1 Å². The van der Waals surface area contributed by atoms with Crippen LogP contribution < -0.4 is 10.6 Å². The maximum Gasteiger partial charge on any atom is 0.407 e. The summed E-state index contributed by atoms with van der Waals surface area (Å²) in [4.78, 5) is 35.9.